The first-order chi connectivity index (χ1) is 24.1. The van der Waals surface area contributed by atoms with Gasteiger partial charge in [-0.2, -0.15) is 0 Å². The number of rotatable bonds is 13. The van der Waals surface area contributed by atoms with Gasteiger partial charge in [-0.25, -0.2) is 0 Å². The number of carbonyl (C=O) groups excluding carboxylic acids is 1. The zero-order valence-electron chi connectivity index (χ0n) is 29.5. The van der Waals surface area contributed by atoms with Crippen LogP contribution in [0.2, 0.25) is 0 Å². The molecule has 0 spiro atoms. The van der Waals surface area contributed by atoms with E-state index in [2.05, 4.69) is 67.4 Å². The lowest BCUT2D eigenvalue weighted by Crippen LogP contribution is -2.48. The van der Waals surface area contributed by atoms with Crippen molar-refractivity contribution < 1.29 is 33.6 Å². The molecular weight excluding hydrogens is 632 g/mol. The number of aryl methyl sites for hydroxylation is 2. The third kappa shape index (κ3) is 7.74. The predicted octanol–water partition coefficient (Wildman–Crippen LogP) is 6.55. The van der Waals surface area contributed by atoms with Crippen molar-refractivity contribution in [3.8, 4) is 11.5 Å². The van der Waals surface area contributed by atoms with Gasteiger partial charge in [0.05, 0.1) is 31.2 Å². The molecule has 9 heteroatoms. The first-order valence-electron chi connectivity index (χ1n) is 17.5. The van der Waals surface area contributed by atoms with Crippen LogP contribution in [0.1, 0.15) is 60.5 Å². The van der Waals surface area contributed by atoms with Crippen LogP contribution in [0.15, 0.2) is 90.7 Å². The van der Waals surface area contributed by atoms with E-state index in [0.29, 0.717) is 31.3 Å². The fourth-order valence-corrected chi connectivity index (χ4v) is 7.69. The second kappa shape index (κ2) is 15.5. The highest BCUT2D eigenvalue weighted by atomic mass is 16.7. The van der Waals surface area contributed by atoms with Gasteiger partial charge in [0.1, 0.15) is 12.4 Å². The van der Waals surface area contributed by atoms with Crippen molar-refractivity contribution in [2.45, 2.75) is 58.7 Å². The summed E-state index contributed by atoms with van der Waals surface area (Å²) in [5.74, 6) is -0.443. The molecule has 1 amide bonds. The van der Waals surface area contributed by atoms with Gasteiger partial charge in [0.25, 0.3) is 0 Å². The average molecular weight is 681 g/mol. The largest absolute Gasteiger partial charge is 0.492 e. The number of carbonyl (C=O) groups is 2. The number of hydrogen-bond acceptors (Lipinski definition) is 7. The zero-order valence-corrected chi connectivity index (χ0v) is 29.5. The van der Waals surface area contributed by atoms with Crippen molar-refractivity contribution in [1.82, 2.24) is 10.2 Å². The van der Waals surface area contributed by atoms with Gasteiger partial charge in [-0.05, 0) is 91.6 Å². The summed E-state index contributed by atoms with van der Waals surface area (Å²) in [7, 11) is 0. The van der Waals surface area contributed by atoms with E-state index >= 15 is 0 Å². The van der Waals surface area contributed by atoms with E-state index in [1.807, 2.05) is 62.4 Å². The smallest absolute Gasteiger partial charge is 0.308 e. The van der Waals surface area contributed by atoms with Crippen LogP contribution in [0.25, 0.3) is 0 Å². The Balaban J connectivity index is 1.29. The van der Waals surface area contributed by atoms with Gasteiger partial charge < -0.3 is 29.4 Å². The van der Waals surface area contributed by atoms with Crippen LogP contribution in [0.5, 0.6) is 11.5 Å². The Morgan fingerprint density at radius 3 is 2.28 bits per heavy atom. The number of nitrogens with one attached hydrogen (secondary N) is 1. The Kier molecular flexibility index (Phi) is 10.9. The number of fused-ring (bicyclic) bond motifs is 1. The van der Waals surface area contributed by atoms with E-state index in [1.165, 1.54) is 0 Å². The Labute approximate surface area is 294 Å². The number of nitrogens with zero attached hydrogens (tertiary/aromatic N) is 1. The molecule has 9 nitrogen and oxygen atoms in total. The van der Waals surface area contributed by atoms with Crippen molar-refractivity contribution in [3.63, 3.8) is 0 Å². The van der Waals surface area contributed by atoms with Crippen LogP contribution >= 0.6 is 0 Å². The SMILES string of the molecule is Cc1ccccc1C(NC(=O)CN1C[C@H](c2ccc3c(c2)OCO3)[C@@H](C(=O)O)[C@@H]1C1C=CC(OCCOC(C)C)=CC1C)c1ccccc1C. The minimum absolute atomic E-state index is 0.0411. The summed E-state index contributed by atoms with van der Waals surface area (Å²) in [5.41, 5.74) is 5.06. The van der Waals surface area contributed by atoms with Gasteiger partial charge in [-0.15, -0.1) is 0 Å². The number of ether oxygens (including phenoxy) is 4. The fraction of sp³-hybridized carbons (Fsp3) is 0.415. The highest BCUT2D eigenvalue weighted by Gasteiger charge is 2.51. The van der Waals surface area contributed by atoms with Crippen molar-refractivity contribution in [1.29, 1.82) is 0 Å². The molecule has 1 saturated heterocycles. The average Bonchev–Trinajstić information content (AvgIpc) is 3.71. The number of hydrogen-bond donors (Lipinski definition) is 2. The lowest BCUT2D eigenvalue weighted by molar-refractivity contribution is -0.144. The number of aliphatic carboxylic acids is 1. The maximum absolute atomic E-state index is 14.2. The van der Waals surface area contributed by atoms with Gasteiger partial charge in [0, 0.05) is 18.5 Å². The van der Waals surface area contributed by atoms with Crippen LogP contribution < -0.4 is 14.8 Å². The zero-order chi connectivity index (χ0) is 35.4. The van der Waals surface area contributed by atoms with Crippen LogP contribution in [-0.2, 0) is 19.1 Å². The number of benzene rings is 3. The number of allylic oxidation sites excluding steroid dienone is 2. The third-order valence-electron chi connectivity index (χ3n) is 10.1. The van der Waals surface area contributed by atoms with E-state index in [-0.39, 0.29) is 49.1 Å². The summed E-state index contributed by atoms with van der Waals surface area (Å²) in [6, 6.07) is 21.0. The topological polar surface area (TPSA) is 107 Å². The van der Waals surface area contributed by atoms with Crippen molar-refractivity contribution in [2.24, 2.45) is 17.8 Å². The molecule has 0 radical (unpaired) electrons. The lowest BCUT2D eigenvalue weighted by Gasteiger charge is -2.36. The quantitative estimate of drug-likeness (QED) is 0.196. The molecule has 50 heavy (non-hydrogen) atoms. The molecule has 2 N–H and O–H groups in total. The third-order valence-corrected chi connectivity index (χ3v) is 10.1. The van der Waals surface area contributed by atoms with E-state index in [1.54, 1.807) is 0 Å². The minimum atomic E-state index is -0.893. The summed E-state index contributed by atoms with van der Waals surface area (Å²) >= 11 is 0. The molecule has 1 fully saturated rings. The number of likely N-dealkylation sites (tertiary alicyclic amines) is 1. The molecule has 3 aromatic rings. The maximum atomic E-state index is 14.2. The Morgan fingerprint density at radius 1 is 0.960 bits per heavy atom. The minimum Gasteiger partial charge on any atom is -0.492 e. The molecule has 0 bridgehead atoms. The molecule has 5 atom stereocenters. The molecule has 3 aromatic carbocycles. The van der Waals surface area contributed by atoms with Crippen LogP contribution in [0.4, 0.5) is 0 Å². The van der Waals surface area contributed by atoms with E-state index in [9.17, 15) is 14.7 Å². The molecule has 2 heterocycles. The molecular formula is C41H48N2O7. The Bertz CT molecular complexity index is 1700. The first kappa shape index (κ1) is 35.2. The molecule has 2 aliphatic heterocycles. The van der Waals surface area contributed by atoms with Crippen molar-refractivity contribution >= 4 is 11.9 Å². The summed E-state index contributed by atoms with van der Waals surface area (Å²) in [6.07, 6.45) is 6.16. The fourth-order valence-electron chi connectivity index (χ4n) is 7.69. The molecule has 0 aromatic heterocycles. The van der Waals surface area contributed by atoms with Gasteiger partial charge >= 0.3 is 5.97 Å². The van der Waals surface area contributed by atoms with E-state index in [4.69, 9.17) is 18.9 Å². The summed E-state index contributed by atoms with van der Waals surface area (Å²) in [6.45, 7) is 11.6. The summed E-state index contributed by atoms with van der Waals surface area (Å²) in [4.78, 5) is 29.5. The first-order valence-corrected chi connectivity index (χ1v) is 17.5. The van der Waals surface area contributed by atoms with E-state index in [0.717, 1.165) is 33.6 Å². The monoisotopic (exact) mass is 680 g/mol. The van der Waals surface area contributed by atoms with Gasteiger partial charge in [-0.1, -0.05) is 67.6 Å². The molecule has 0 saturated carbocycles. The normalized spacial score (nSPS) is 22.9. The van der Waals surface area contributed by atoms with E-state index < -0.39 is 17.9 Å². The number of carboxylic acid groups (broad SMARTS) is 1. The standard InChI is InChI=1S/C41H48N2O7/c1-25(2)47-18-19-48-30-15-16-33(28(5)20-30)40-38(41(45)46)34(29-14-17-35-36(21-29)50-24-49-35)22-43(40)23-37(44)42-39(31-12-8-6-10-26(31)3)32-13-9-7-11-27(32)4/h6-17,20-21,25,28,33-34,38-40H,18-19,22-24H2,1-5H3,(H,42,44)(H,45,46)/t28?,33?,34-,38-,40+/m1/s1. The second-order valence-corrected chi connectivity index (χ2v) is 13.8. The van der Waals surface area contributed by atoms with Gasteiger partial charge in [0.2, 0.25) is 12.7 Å². The molecule has 3 aliphatic rings. The molecule has 264 valence electrons. The molecule has 2 unspecified atom stereocenters. The Hall–Kier alpha value is -4.60. The van der Waals surface area contributed by atoms with Crippen LogP contribution in [0, 0.1) is 31.6 Å². The van der Waals surface area contributed by atoms with Crippen LogP contribution in [0.3, 0.4) is 0 Å². The predicted molar refractivity (Wildman–Crippen MR) is 191 cm³/mol. The van der Waals surface area contributed by atoms with Crippen LogP contribution in [-0.4, -0.2) is 67.1 Å². The highest BCUT2D eigenvalue weighted by Crippen LogP contribution is 2.46. The van der Waals surface area contributed by atoms with Crippen molar-refractivity contribution in [2.75, 3.05) is 33.1 Å². The second-order valence-electron chi connectivity index (χ2n) is 13.8. The number of amides is 1. The highest BCUT2D eigenvalue weighted by molar-refractivity contribution is 5.80. The molecule has 1 aliphatic carbocycles. The number of carboxylic acids is 1. The van der Waals surface area contributed by atoms with Gasteiger partial charge in [-0.3, -0.25) is 14.5 Å². The summed E-state index contributed by atoms with van der Waals surface area (Å²) < 4.78 is 22.8. The van der Waals surface area contributed by atoms with Gasteiger partial charge in [0.15, 0.2) is 11.5 Å². The van der Waals surface area contributed by atoms with Crippen molar-refractivity contribution in [3.05, 3.63) is 119 Å². The maximum Gasteiger partial charge on any atom is 0.308 e. The molecule has 6 rings (SSSR count). The summed E-state index contributed by atoms with van der Waals surface area (Å²) in [5, 5.41) is 14.2. The Morgan fingerprint density at radius 2 is 1.64 bits per heavy atom. The lowest BCUT2D eigenvalue weighted by atomic mass is 9.75.